The van der Waals surface area contributed by atoms with Crippen LogP contribution in [0.5, 0.6) is 17.2 Å². The minimum absolute atomic E-state index is 0.254. The van der Waals surface area contributed by atoms with Crippen molar-refractivity contribution in [1.29, 1.82) is 0 Å². The summed E-state index contributed by atoms with van der Waals surface area (Å²) in [4.78, 5) is 12.5. The number of amides is 1. The lowest BCUT2D eigenvalue weighted by Crippen LogP contribution is -2.26. The summed E-state index contributed by atoms with van der Waals surface area (Å²) in [6.07, 6.45) is 0. The average molecular weight is 319 g/mol. The van der Waals surface area contributed by atoms with E-state index in [1.54, 1.807) is 12.1 Å². The summed E-state index contributed by atoms with van der Waals surface area (Å²) in [5, 5.41) is 2.88. The summed E-state index contributed by atoms with van der Waals surface area (Å²) in [7, 11) is 4.53. The van der Waals surface area contributed by atoms with Crippen molar-refractivity contribution in [1.82, 2.24) is 5.32 Å². The van der Waals surface area contributed by atoms with Crippen LogP contribution in [0.1, 0.15) is 34.8 Å². The molecule has 0 radical (unpaired) electrons. The molecule has 1 heterocycles. The van der Waals surface area contributed by atoms with Gasteiger partial charge in [-0.05, 0) is 38.1 Å². The minimum Gasteiger partial charge on any atom is -0.493 e. The predicted octanol–water partition coefficient (Wildman–Crippen LogP) is 3.10. The third kappa shape index (κ3) is 3.59. The molecule has 6 nitrogen and oxygen atoms in total. The number of nitrogens with one attached hydrogen (secondary N) is 1. The number of carbonyl (C=O) groups is 1. The van der Waals surface area contributed by atoms with E-state index in [0.29, 0.717) is 28.6 Å². The van der Waals surface area contributed by atoms with Gasteiger partial charge in [0.2, 0.25) is 5.75 Å². The Hall–Kier alpha value is -2.63. The largest absolute Gasteiger partial charge is 0.493 e. The monoisotopic (exact) mass is 319 g/mol. The second kappa shape index (κ2) is 7.09. The van der Waals surface area contributed by atoms with Crippen molar-refractivity contribution in [2.45, 2.75) is 19.9 Å². The zero-order valence-electron chi connectivity index (χ0n) is 13.9. The first-order chi connectivity index (χ1) is 11.0. The van der Waals surface area contributed by atoms with Crippen molar-refractivity contribution >= 4 is 5.91 Å². The van der Waals surface area contributed by atoms with E-state index in [4.69, 9.17) is 18.6 Å². The molecule has 1 aromatic carbocycles. The lowest BCUT2D eigenvalue weighted by Gasteiger charge is -2.15. The molecule has 0 bridgehead atoms. The van der Waals surface area contributed by atoms with Gasteiger partial charge in [-0.1, -0.05) is 0 Å². The Morgan fingerprint density at radius 2 is 1.70 bits per heavy atom. The third-order valence-corrected chi connectivity index (χ3v) is 3.46. The Kier molecular flexibility index (Phi) is 5.16. The van der Waals surface area contributed by atoms with E-state index in [1.807, 2.05) is 26.0 Å². The highest BCUT2D eigenvalue weighted by molar-refractivity contribution is 5.95. The molecule has 1 aromatic heterocycles. The number of ether oxygens (including phenoxy) is 3. The number of methoxy groups -OCH3 is 3. The van der Waals surface area contributed by atoms with E-state index in [-0.39, 0.29) is 11.9 Å². The summed E-state index contributed by atoms with van der Waals surface area (Å²) >= 11 is 0. The van der Waals surface area contributed by atoms with E-state index in [9.17, 15) is 4.79 Å². The van der Waals surface area contributed by atoms with Gasteiger partial charge in [-0.2, -0.15) is 0 Å². The molecule has 2 aromatic rings. The quantitative estimate of drug-likeness (QED) is 0.886. The van der Waals surface area contributed by atoms with E-state index < -0.39 is 0 Å². The highest BCUT2D eigenvalue weighted by Gasteiger charge is 2.19. The fourth-order valence-corrected chi connectivity index (χ4v) is 2.25. The maximum atomic E-state index is 12.5. The topological polar surface area (TPSA) is 69.9 Å². The molecule has 124 valence electrons. The van der Waals surface area contributed by atoms with Gasteiger partial charge in [-0.3, -0.25) is 4.79 Å². The summed E-state index contributed by atoms with van der Waals surface area (Å²) in [6.45, 7) is 3.71. The molecule has 0 saturated carbocycles. The van der Waals surface area contributed by atoms with E-state index >= 15 is 0 Å². The number of carbonyl (C=O) groups excluding carboxylic acids is 1. The van der Waals surface area contributed by atoms with Crippen molar-refractivity contribution < 1.29 is 23.4 Å². The molecule has 0 aliphatic rings. The van der Waals surface area contributed by atoms with Crippen LogP contribution >= 0.6 is 0 Å². The Labute approximate surface area is 135 Å². The summed E-state index contributed by atoms with van der Waals surface area (Å²) in [6, 6.07) is 6.66. The maximum Gasteiger partial charge on any atom is 0.252 e. The SMILES string of the molecule is COc1cc(C(=O)N[C@@H](C)c2ccc(C)o2)cc(OC)c1OC. The lowest BCUT2D eigenvalue weighted by molar-refractivity contribution is 0.0934. The number of aryl methyl sites for hydroxylation is 1. The van der Waals surface area contributed by atoms with Crippen LogP contribution in [0.15, 0.2) is 28.7 Å². The minimum atomic E-state index is -0.259. The van der Waals surface area contributed by atoms with E-state index in [0.717, 1.165) is 5.76 Å². The number of hydrogen-bond acceptors (Lipinski definition) is 5. The van der Waals surface area contributed by atoms with Crippen LogP contribution in [0.2, 0.25) is 0 Å². The average Bonchev–Trinajstić information content (AvgIpc) is 2.99. The molecule has 23 heavy (non-hydrogen) atoms. The van der Waals surface area contributed by atoms with Gasteiger partial charge in [-0.25, -0.2) is 0 Å². The van der Waals surface area contributed by atoms with Gasteiger partial charge in [0.1, 0.15) is 11.5 Å². The Balaban J connectivity index is 2.25. The Bertz CT molecular complexity index is 667. The number of furan rings is 1. The molecule has 2 rings (SSSR count). The second-order valence-corrected chi connectivity index (χ2v) is 5.06. The normalized spacial score (nSPS) is 11.7. The van der Waals surface area contributed by atoms with E-state index in [1.165, 1.54) is 21.3 Å². The fraction of sp³-hybridized carbons (Fsp3) is 0.353. The van der Waals surface area contributed by atoms with Crippen molar-refractivity contribution in [2.75, 3.05) is 21.3 Å². The lowest BCUT2D eigenvalue weighted by atomic mass is 10.1. The predicted molar refractivity (Wildman–Crippen MR) is 85.4 cm³/mol. The second-order valence-electron chi connectivity index (χ2n) is 5.06. The molecule has 0 aliphatic heterocycles. The maximum absolute atomic E-state index is 12.5. The highest BCUT2D eigenvalue weighted by Crippen LogP contribution is 2.38. The van der Waals surface area contributed by atoms with Gasteiger partial charge in [0, 0.05) is 5.56 Å². The Morgan fingerprint density at radius 1 is 1.09 bits per heavy atom. The molecule has 0 unspecified atom stereocenters. The number of rotatable bonds is 6. The van der Waals surface area contributed by atoms with Crippen LogP contribution in [0.4, 0.5) is 0 Å². The summed E-state index contributed by atoms with van der Waals surface area (Å²) in [5.41, 5.74) is 0.412. The molecular formula is C17H21NO5. The van der Waals surface area contributed by atoms with Gasteiger partial charge < -0.3 is 23.9 Å². The highest BCUT2D eigenvalue weighted by atomic mass is 16.5. The molecule has 6 heteroatoms. The number of benzene rings is 1. The van der Waals surface area contributed by atoms with Gasteiger partial charge in [0.05, 0.1) is 27.4 Å². The molecule has 1 amide bonds. The van der Waals surface area contributed by atoms with E-state index in [2.05, 4.69) is 5.32 Å². The standard InChI is InChI=1S/C17H21NO5/c1-10-6-7-13(23-10)11(2)18-17(19)12-8-14(20-3)16(22-5)15(9-12)21-4/h6-9,11H,1-5H3,(H,18,19)/t11-/m0/s1. The fourth-order valence-electron chi connectivity index (χ4n) is 2.25. The molecule has 0 aliphatic carbocycles. The summed E-state index contributed by atoms with van der Waals surface area (Å²) < 4.78 is 21.3. The molecular weight excluding hydrogens is 298 g/mol. The van der Waals surface area contributed by atoms with Crippen LogP contribution in [0, 0.1) is 6.92 Å². The first kappa shape index (κ1) is 16.7. The smallest absolute Gasteiger partial charge is 0.252 e. The van der Waals surface area contributed by atoms with Crippen LogP contribution in [-0.2, 0) is 0 Å². The van der Waals surface area contributed by atoms with Crippen molar-refractivity contribution in [3.05, 3.63) is 41.3 Å². The first-order valence-corrected chi connectivity index (χ1v) is 7.17. The zero-order chi connectivity index (χ0) is 17.0. The van der Waals surface area contributed by atoms with Gasteiger partial charge in [0.15, 0.2) is 11.5 Å². The Morgan fingerprint density at radius 3 is 2.13 bits per heavy atom. The molecule has 1 N–H and O–H groups in total. The van der Waals surface area contributed by atoms with Gasteiger partial charge in [0.25, 0.3) is 5.91 Å². The van der Waals surface area contributed by atoms with Crippen molar-refractivity contribution in [3.8, 4) is 17.2 Å². The third-order valence-electron chi connectivity index (χ3n) is 3.46. The van der Waals surface area contributed by atoms with Crippen molar-refractivity contribution in [2.24, 2.45) is 0 Å². The summed E-state index contributed by atoms with van der Waals surface area (Å²) in [5.74, 6) is 2.54. The molecule has 0 spiro atoms. The van der Waals surface area contributed by atoms with Crippen LogP contribution in [0.25, 0.3) is 0 Å². The van der Waals surface area contributed by atoms with Gasteiger partial charge >= 0.3 is 0 Å². The number of hydrogen-bond donors (Lipinski definition) is 1. The first-order valence-electron chi connectivity index (χ1n) is 7.17. The van der Waals surface area contributed by atoms with Crippen LogP contribution in [0.3, 0.4) is 0 Å². The molecule has 1 atom stereocenters. The van der Waals surface area contributed by atoms with Crippen LogP contribution < -0.4 is 19.5 Å². The van der Waals surface area contributed by atoms with Crippen molar-refractivity contribution in [3.63, 3.8) is 0 Å². The molecule has 0 saturated heterocycles. The van der Waals surface area contributed by atoms with Crippen LogP contribution in [-0.4, -0.2) is 27.2 Å². The van der Waals surface area contributed by atoms with Gasteiger partial charge in [-0.15, -0.1) is 0 Å². The molecule has 0 fully saturated rings. The zero-order valence-corrected chi connectivity index (χ0v) is 13.9.